The van der Waals surface area contributed by atoms with Crippen LogP contribution in [0.1, 0.15) is 43.2 Å². The van der Waals surface area contributed by atoms with Crippen molar-refractivity contribution in [3.05, 3.63) is 107 Å². The minimum Gasteiger partial charge on any atom is -0.396 e. The Morgan fingerprint density at radius 3 is 2.35 bits per heavy atom. The minimum atomic E-state index is -0.284. The molecule has 2 aromatic rings. The van der Waals surface area contributed by atoms with Gasteiger partial charge in [-0.2, -0.15) is 0 Å². The standard InChI is InChI=1S/C31H38ClIN2O2/c32-29-15-7-14-28(16-17-29)31(37-33)19-22-35(25-31)21-8-18-30(24-34-20-9-23-36,26-10-3-1-4-11-26)27-12-5-2-6-13-27/h1-6,10-17,34,36H,7-9,18-25H2. The molecule has 4 nitrogen and oxygen atoms in total. The number of likely N-dealkylation sites (tertiary alicyclic amines) is 1. The summed E-state index contributed by atoms with van der Waals surface area (Å²) >= 11 is 8.33. The van der Waals surface area contributed by atoms with Gasteiger partial charge in [0.2, 0.25) is 0 Å². The fourth-order valence-electron chi connectivity index (χ4n) is 5.71. The third-order valence-electron chi connectivity index (χ3n) is 7.73. The van der Waals surface area contributed by atoms with Crippen LogP contribution in [0.4, 0.5) is 0 Å². The highest BCUT2D eigenvalue weighted by Crippen LogP contribution is 2.39. The molecule has 1 saturated heterocycles. The zero-order valence-electron chi connectivity index (χ0n) is 21.4. The van der Waals surface area contributed by atoms with E-state index in [1.165, 1.54) is 16.7 Å². The quantitative estimate of drug-likeness (QED) is 0.194. The molecule has 1 unspecified atom stereocenters. The molecule has 0 bridgehead atoms. The molecule has 1 atom stereocenters. The van der Waals surface area contributed by atoms with Crippen LogP contribution in [0.25, 0.3) is 0 Å². The number of aliphatic hydroxyl groups excluding tert-OH is 1. The topological polar surface area (TPSA) is 44.7 Å². The van der Waals surface area contributed by atoms with Crippen LogP contribution in [0.15, 0.2) is 95.6 Å². The Kier molecular flexibility index (Phi) is 10.8. The molecule has 2 N–H and O–H groups in total. The van der Waals surface area contributed by atoms with Gasteiger partial charge in [-0.1, -0.05) is 90.5 Å². The first-order valence-electron chi connectivity index (χ1n) is 13.3. The number of allylic oxidation sites excluding steroid dienone is 4. The highest BCUT2D eigenvalue weighted by Gasteiger charge is 2.42. The molecule has 6 heteroatoms. The van der Waals surface area contributed by atoms with Gasteiger partial charge in [-0.3, -0.25) is 4.90 Å². The Bertz CT molecular complexity index is 1030. The molecule has 1 heterocycles. The van der Waals surface area contributed by atoms with Crippen LogP contribution < -0.4 is 5.32 Å². The molecule has 2 aliphatic rings. The van der Waals surface area contributed by atoms with Crippen LogP contribution in [0.2, 0.25) is 0 Å². The summed E-state index contributed by atoms with van der Waals surface area (Å²) in [6.07, 6.45) is 13.1. The molecule has 4 rings (SSSR count). The maximum atomic E-state index is 9.30. The van der Waals surface area contributed by atoms with E-state index in [0.717, 1.165) is 69.9 Å². The van der Waals surface area contributed by atoms with E-state index in [1.807, 2.05) is 12.2 Å². The summed E-state index contributed by atoms with van der Waals surface area (Å²) < 4.78 is 6.13. The monoisotopic (exact) mass is 632 g/mol. The molecular weight excluding hydrogens is 595 g/mol. The Morgan fingerprint density at radius 1 is 1.00 bits per heavy atom. The molecule has 0 aromatic heterocycles. The van der Waals surface area contributed by atoms with E-state index in [9.17, 15) is 5.11 Å². The SMILES string of the molecule is OCCCNCC(CCCN1CCC(OI)(C2=CCC=C(Cl)C=C2)C1)(c1ccccc1)c1ccccc1. The van der Waals surface area contributed by atoms with Gasteiger partial charge in [-0.25, -0.2) is 0 Å². The fraction of sp³-hybridized carbons (Fsp3) is 0.419. The van der Waals surface area contributed by atoms with Crippen LogP contribution >= 0.6 is 34.6 Å². The summed E-state index contributed by atoms with van der Waals surface area (Å²) in [5.74, 6) is 0. The van der Waals surface area contributed by atoms with E-state index in [-0.39, 0.29) is 17.6 Å². The maximum Gasteiger partial charge on any atom is 0.119 e. The van der Waals surface area contributed by atoms with E-state index in [4.69, 9.17) is 14.7 Å². The van der Waals surface area contributed by atoms with Gasteiger partial charge < -0.3 is 13.5 Å². The summed E-state index contributed by atoms with van der Waals surface area (Å²) in [6, 6.07) is 21.8. The van der Waals surface area contributed by atoms with Gasteiger partial charge in [0.05, 0.1) is 0 Å². The largest absolute Gasteiger partial charge is 0.396 e. The summed E-state index contributed by atoms with van der Waals surface area (Å²) in [4.78, 5) is 2.55. The number of nitrogens with one attached hydrogen (secondary N) is 1. The molecule has 1 aliphatic heterocycles. The third-order valence-corrected chi connectivity index (χ3v) is 8.85. The second kappa shape index (κ2) is 14.1. The van der Waals surface area contributed by atoms with Gasteiger partial charge in [0, 0.05) is 36.7 Å². The van der Waals surface area contributed by atoms with E-state index in [2.05, 4.69) is 106 Å². The Morgan fingerprint density at radius 2 is 1.70 bits per heavy atom. The van der Waals surface area contributed by atoms with Crippen molar-refractivity contribution in [2.24, 2.45) is 0 Å². The number of hydrogen-bond donors (Lipinski definition) is 2. The smallest absolute Gasteiger partial charge is 0.119 e. The summed E-state index contributed by atoms with van der Waals surface area (Å²) in [6.45, 7) is 4.79. The zero-order valence-corrected chi connectivity index (χ0v) is 24.3. The normalized spacial score (nSPS) is 20.5. The highest BCUT2D eigenvalue weighted by atomic mass is 127. The first-order chi connectivity index (χ1) is 18.1. The summed E-state index contributed by atoms with van der Waals surface area (Å²) in [5, 5.41) is 13.7. The molecule has 2 aromatic carbocycles. The number of aliphatic hydroxyl groups is 1. The molecule has 0 radical (unpaired) electrons. The van der Waals surface area contributed by atoms with Gasteiger partial charge in [0.25, 0.3) is 0 Å². The van der Waals surface area contributed by atoms with E-state index in [1.54, 1.807) is 0 Å². The van der Waals surface area contributed by atoms with Gasteiger partial charge in [-0.05, 0) is 68.0 Å². The number of hydrogen-bond acceptors (Lipinski definition) is 4. The van der Waals surface area contributed by atoms with Crippen molar-refractivity contribution in [2.45, 2.75) is 43.1 Å². The lowest BCUT2D eigenvalue weighted by atomic mass is 9.71. The lowest BCUT2D eigenvalue weighted by Crippen LogP contribution is -2.41. The van der Waals surface area contributed by atoms with Crippen molar-refractivity contribution in [1.29, 1.82) is 0 Å². The molecule has 1 fully saturated rings. The van der Waals surface area contributed by atoms with Crippen molar-refractivity contribution in [3.8, 4) is 0 Å². The van der Waals surface area contributed by atoms with Crippen molar-refractivity contribution >= 4 is 34.6 Å². The average Bonchev–Trinajstić information content (AvgIpc) is 3.24. The van der Waals surface area contributed by atoms with Gasteiger partial charge in [0.15, 0.2) is 0 Å². The Labute approximate surface area is 241 Å². The number of halogens is 2. The average molecular weight is 633 g/mol. The second-order valence-corrected chi connectivity index (χ2v) is 11.0. The molecule has 0 spiro atoms. The van der Waals surface area contributed by atoms with Crippen molar-refractivity contribution in [2.75, 3.05) is 39.3 Å². The molecule has 198 valence electrons. The lowest BCUT2D eigenvalue weighted by Gasteiger charge is -2.36. The first-order valence-corrected chi connectivity index (χ1v) is 14.6. The summed E-state index contributed by atoms with van der Waals surface area (Å²) in [5.41, 5.74) is 3.48. The number of rotatable bonds is 13. The fourth-order valence-corrected chi connectivity index (χ4v) is 6.47. The minimum absolute atomic E-state index is 0.135. The third kappa shape index (κ3) is 7.14. The van der Waals surface area contributed by atoms with E-state index < -0.39 is 0 Å². The van der Waals surface area contributed by atoms with E-state index in [0.29, 0.717) is 0 Å². The predicted molar refractivity (Wildman–Crippen MR) is 162 cm³/mol. The highest BCUT2D eigenvalue weighted by molar-refractivity contribution is 14.1. The summed E-state index contributed by atoms with van der Waals surface area (Å²) in [7, 11) is 0. The van der Waals surface area contributed by atoms with Crippen LogP contribution in [-0.2, 0) is 8.48 Å². The maximum absolute atomic E-state index is 9.30. The predicted octanol–water partition coefficient (Wildman–Crippen LogP) is 6.55. The zero-order chi connectivity index (χ0) is 26.0. The lowest BCUT2D eigenvalue weighted by molar-refractivity contribution is 0.174. The first kappa shape index (κ1) is 28.5. The number of benzene rings is 2. The van der Waals surface area contributed by atoms with Crippen LogP contribution in [-0.4, -0.2) is 54.9 Å². The molecule has 37 heavy (non-hydrogen) atoms. The second-order valence-electron chi connectivity index (χ2n) is 10.1. The molecule has 1 aliphatic carbocycles. The molecule has 0 amide bonds. The molecular formula is C31H38ClIN2O2. The van der Waals surface area contributed by atoms with Gasteiger partial charge >= 0.3 is 0 Å². The Hall–Kier alpha value is -1.48. The van der Waals surface area contributed by atoms with Crippen LogP contribution in [0, 0.1) is 0 Å². The van der Waals surface area contributed by atoms with Crippen molar-refractivity contribution < 1.29 is 8.17 Å². The van der Waals surface area contributed by atoms with Crippen LogP contribution in [0.5, 0.6) is 0 Å². The molecule has 0 saturated carbocycles. The van der Waals surface area contributed by atoms with Gasteiger partial charge in [-0.15, -0.1) is 0 Å². The van der Waals surface area contributed by atoms with Gasteiger partial charge in [0.1, 0.15) is 28.6 Å². The number of nitrogens with zero attached hydrogens (tertiary/aromatic N) is 1. The van der Waals surface area contributed by atoms with E-state index >= 15 is 0 Å². The Balaban J connectivity index is 1.49. The van der Waals surface area contributed by atoms with Crippen LogP contribution in [0.3, 0.4) is 0 Å². The van der Waals surface area contributed by atoms with Crippen molar-refractivity contribution in [1.82, 2.24) is 10.2 Å². The van der Waals surface area contributed by atoms with Crippen molar-refractivity contribution in [3.63, 3.8) is 0 Å².